The topological polar surface area (TPSA) is 0 Å². The molecule has 0 aliphatic carbocycles. The molecule has 0 saturated carbocycles. The maximum absolute atomic E-state index is 6.69. The van der Waals surface area contributed by atoms with E-state index in [0.29, 0.717) is 0 Å². The van der Waals surface area contributed by atoms with Crippen molar-refractivity contribution < 1.29 is 0 Å². The standard InChI is InChI=1S/C24H24Cl2/c1-23(2,25)21-15-9-7-13-19(21)17-11-5-6-12-18(17)20-14-8-10-16-22(20)24(3,4)26/h5-16H,1-4H3. The van der Waals surface area contributed by atoms with Crippen molar-refractivity contribution in [1.82, 2.24) is 0 Å². The Bertz CT molecular complexity index is 835. The molecule has 3 rings (SSSR count). The van der Waals surface area contributed by atoms with Gasteiger partial charge < -0.3 is 0 Å². The van der Waals surface area contributed by atoms with Crippen LogP contribution < -0.4 is 0 Å². The Morgan fingerprint density at radius 2 is 0.731 bits per heavy atom. The number of hydrogen-bond donors (Lipinski definition) is 0. The van der Waals surface area contributed by atoms with Gasteiger partial charge in [-0.05, 0) is 61.1 Å². The Balaban J connectivity index is 2.29. The van der Waals surface area contributed by atoms with Crippen molar-refractivity contribution in [3.63, 3.8) is 0 Å². The fraction of sp³-hybridized carbons (Fsp3) is 0.250. The van der Waals surface area contributed by atoms with Gasteiger partial charge in [0.15, 0.2) is 0 Å². The van der Waals surface area contributed by atoms with Gasteiger partial charge in [0.05, 0.1) is 9.75 Å². The second-order valence-electron chi connectivity index (χ2n) is 7.58. The van der Waals surface area contributed by atoms with Crippen LogP contribution >= 0.6 is 23.2 Å². The molecule has 0 saturated heterocycles. The molecule has 0 fully saturated rings. The van der Waals surface area contributed by atoms with Crippen molar-refractivity contribution in [3.8, 4) is 22.3 Å². The molecule has 0 amide bonds. The molecule has 0 heterocycles. The lowest BCUT2D eigenvalue weighted by atomic mass is 9.85. The number of alkyl halides is 2. The van der Waals surface area contributed by atoms with Gasteiger partial charge in [-0.1, -0.05) is 72.8 Å². The lowest BCUT2D eigenvalue weighted by Gasteiger charge is -2.25. The Labute approximate surface area is 166 Å². The highest BCUT2D eigenvalue weighted by atomic mass is 35.5. The predicted molar refractivity (Wildman–Crippen MR) is 115 cm³/mol. The van der Waals surface area contributed by atoms with Gasteiger partial charge in [0.1, 0.15) is 0 Å². The zero-order valence-corrected chi connectivity index (χ0v) is 17.2. The van der Waals surface area contributed by atoms with Crippen molar-refractivity contribution in [1.29, 1.82) is 0 Å². The van der Waals surface area contributed by atoms with Gasteiger partial charge in [0.2, 0.25) is 0 Å². The third-order valence-electron chi connectivity index (χ3n) is 4.64. The van der Waals surface area contributed by atoms with Gasteiger partial charge in [0.25, 0.3) is 0 Å². The molecule has 0 bridgehead atoms. The first-order valence-electron chi connectivity index (χ1n) is 8.86. The van der Waals surface area contributed by atoms with E-state index in [1.54, 1.807) is 0 Å². The molecule has 3 aromatic carbocycles. The molecule has 0 spiro atoms. The molecule has 0 atom stereocenters. The van der Waals surface area contributed by atoms with Gasteiger partial charge in [-0.15, -0.1) is 23.2 Å². The van der Waals surface area contributed by atoms with E-state index in [2.05, 4.69) is 60.7 Å². The molecular weight excluding hydrogens is 359 g/mol. The first kappa shape index (κ1) is 19.0. The van der Waals surface area contributed by atoms with E-state index < -0.39 is 9.75 Å². The van der Waals surface area contributed by atoms with Crippen LogP contribution in [0.25, 0.3) is 22.3 Å². The minimum Gasteiger partial charge on any atom is -0.115 e. The molecular formula is C24H24Cl2. The molecule has 2 heteroatoms. The minimum absolute atomic E-state index is 0.449. The van der Waals surface area contributed by atoms with Gasteiger partial charge in [-0.25, -0.2) is 0 Å². The largest absolute Gasteiger partial charge is 0.115 e. The molecule has 26 heavy (non-hydrogen) atoms. The molecule has 0 aromatic heterocycles. The van der Waals surface area contributed by atoms with E-state index >= 15 is 0 Å². The summed E-state index contributed by atoms with van der Waals surface area (Å²) in [6.45, 7) is 8.13. The highest BCUT2D eigenvalue weighted by molar-refractivity contribution is 6.24. The summed E-state index contributed by atoms with van der Waals surface area (Å²) in [5, 5.41) is 0. The SMILES string of the molecule is CC(C)(Cl)c1ccccc1-c1ccccc1-c1ccccc1C(C)(C)Cl. The fourth-order valence-electron chi connectivity index (χ4n) is 3.43. The lowest BCUT2D eigenvalue weighted by molar-refractivity contribution is 0.767. The lowest BCUT2D eigenvalue weighted by Crippen LogP contribution is -2.11. The van der Waals surface area contributed by atoms with Crippen LogP contribution in [-0.4, -0.2) is 0 Å². The van der Waals surface area contributed by atoms with Gasteiger partial charge in [0, 0.05) is 0 Å². The van der Waals surface area contributed by atoms with Crippen molar-refractivity contribution in [2.24, 2.45) is 0 Å². The number of rotatable bonds is 4. The van der Waals surface area contributed by atoms with Crippen molar-refractivity contribution in [2.75, 3.05) is 0 Å². The molecule has 0 aliphatic rings. The first-order chi connectivity index (χ1) is 12.2. The summed E-state index contributed by atoms with van der Waals surface area (Å²) in [7, 11) is 0. The average molecular weight is 383 g/mol. The smallest absolute Gasteiger partial charge is 0.0644 e. The zero-order chi connectivity index (χ0) is 18.9. The van der Waals surface area contributed by atoms with Gasteiger partial charge >= 0.3 is 0 Å². The summed E-state index contributed by atoms with van der Waals surface area (Å²) in [4.78, 5) is -0.899. The summed E-state index contributed by atoms with van der Waals surface area (Å²) in [5.41, 5.74) is 6.90. The van der Waals surface area contributed by atoms with Crippen LogP contribution in [0.15, 0.2) is 72.8 Å². The molecule has 0 N–H and O–H groups in total. The number of halogens is 2. The summed E-state index contributed by atoms with van der Waals surface area (Å²) in [6, 6.07) is 25.2. The van der Waals surface area contributed by atoms with Crippen LogP contribution in [0.4, 0.5) is 0 Å². The highest BCUT2D eigenvalue weighted by Gasteiger charge is 2.25. The van der Waals surface area contributed by atoms with E-state index in [1.165, 1.54) is 11.1 Å². The molecule has 0 radical (unpaired) electrons. The van der Waals surface area contributed by atoms with Crippen LogP contribution in [0, 0.1) is 0 Å². The number of hydrogen-bond acceptors (Lipinski definition) is 0. The molecule has 0 nitrogen and oxygen atoms in total. The molecule has 134 valence electrons. The Kier molecular flexibility index (Phi) is 5.19. The van der Waals surface area contributed by atoms with Crippen molar-refractivity contribution in [2.45, 2.75) is 37.4 Å². The highest BCUT2D eigenvalue weighted by Crippen LogP contribution is 2.43. The molecule has 0 aliphatic heterocycles. The summed E-state index contributed by atoms with van der Waals surface area (Å²) >= 11 is 13.4. The Hall–Kier alpha value is -1.76. The van der Waals surface area contributed by atoms with Crippen LogP contribution in [0.1, 0.15) is 38.8 Å². The Morgan fingerprint density at radius 3 is 1.04 bits per heavy atom. The van der Waals surface area contributed by atoms with E-state index in [0.717, 1.165) is 22.3 Å². The van der Waals surface area contributed by atoms with Crippen LogP contribution in [-0.2, 0) is 9.75 Å². The van der Waals surface area contributed by atoms with E-state index in [1.807, 2.05) is 39.8 Å². The fourth-order valence-corrected chi connectivity index (χ4v) is 3.76. The quantitative estimate of drug-likeness (QED) is 0.401. The molecule has 3 aromatic rings. The third kappa shape index (κ3) is 3.82. The Morgan fingerprint density at radius 1 is 0.462 bits per heavy atom. The second-order valence-corrected chi connectivity index (χ2v) is 9.47. The first-order valence-corrected chi connectivity index (χ1v) is 9.62. The van der Waals surface area contributed by atoms with Gasteiger partial charge in [-0.3, -0.25) is 0 Å². The van der Waals surface area contributed by atoms with Crippen molar-refractivity contribution in [3.05, 3.63) is 83.9 Å². The van der Waals surface area contributed by atoms with Crippen LogP contribution in [0.5, 0.6) is 0 Å². The summed E-state index contributed by atoms with van der Waals surface area (Å²) < 4.78 is 0. The maximum atomic E-state index is 6.69. The normalized spacial score (nSPS) is 12.2. The second kappa shape index (κ2) is 7.10. The van der Waals surface area contributed by atoms with E-state index in [4.69, 9.17) is 23.2 Å². The summed E-state index contributed by atoms with van der Waals surface area (Å²) in [5.74, 6) is 0. The van der Waals surface area contributed by atoms with E-state index in [-0.39, 0.29) is 0 Å². The minimum atomic E-state index is -0.449. The van der Waals surface area contributed by atoms with E-state index in [9.17, 15) is 0 Å². The number of benzene rings is 3. The maximum Gasteiger partial charge on any atom is 0.0644 e. The van der Waals surface area contributed by atoms with Crippen LogP contribution in [0.3, 0.4) is 0 Å². The van der Waals surface area contributed by atoms with Crippen LogP contribution in [0.2, 0.25) is 0 Å². The predicted octanol–water partition coefficient (Wildman–Crippen LogP) is 7.97. The monoisotopic (exact) mass is 382 g/mol. The summed E-state index contributed by atoms with van der Waals surface area (Å²) in [6.07, 6.45) is 0. The zero-order valence-electron chi connectivity index (χ0n) is 15.7. The van der Waals surface area contributed by atoms with Gasteiger partial charge in [-0.2, -0.15) is 0 Å². The average Bonchev–Trinajstić information content (AvgIpc) is 2.60. The third-order valence-corrected chi connectivity index (χ3v) is 5.05. The molecule has 0 unspecified atom stereocenters. The van der Waals surface area contributed by atoms with Crippen molar-refractivity contribution >= 4 is 23.2 Å².